The highest BCUT2D eigenvalue weighted by Crippen LogP contribution is 2.34. The highest BCUT2D eigenvalue weighted by molar-refractivity contribution is 7.12. The van der Waals surface area contributed by atoms with Crippen LogP contribution in [0.5, 0.6) is 0 Å². The van der Waals surface area contributed by atoms with E-state index >= 15 is 0 Å². The van der Waals surface area contributed by atoms with Gasteiger partial charge in [-0.2, -0.15) is 0 Å². The van der Waals surface area contributed by atoms with Crippen molar-refractivity contribution >= 4 is 11.3 Å². The summed E-state index contributed by atoms with van der Waals surface area (Å²) in [5.41, 5.74) is 5.63. The molecule has 16 heavy (non-hydrogen) atoms. The number of hydrazine groups is 1. The van der Waals surface area contributed by atoms with Crippen LogP contribution in [0, 0.1) is 0 Å². The molecular formula is C13H20N2S. The van der Waals surface area contributed by atoms with E-state index in [9.17, 15) is 0 Å². The quantitative estimate of drug-likeness (QED) is 0.479. The summed E-state index contributed by atoms with van der Waals surface area (Å²) in [5.74, 6) is 5.63. The molecule has 0 aromatic carbocycles. The lowest BCUT2D eigenvalue weighted by atomic mass is 9.98. The average Bonchev–Trinajstić information content (AvgIpc) is 2.68. The first-order chi connectivity index (χ1) is 7.70. The second kappa shape index (κ2) is 5.13. The predicted molar refractivity (Wildman–Crippen MR) is 70.5 cm³/mol. The molecule has 1 atom stereocenters. The minimum absolute atomic E-state index is 0.244. The van der Waals surface area contributed by atoms with Crippen molar-refractivity contribution < 1.29 is 0 Å². The SMILES string of the molecule is C=C(C)CC(NN)c1cc2c(s1)CCCC2. The summed E-state index contributed by atoms with van der Waals surface area (Å²) < 4.78 is 0. The third-order valence-electron chi connectivity index (χ3n) is 3.11. The van der Waals surface area contributed by atoms with Crippen LogP contribution in [0.1, 0.15) is 47.5 Å². The number of nitrogens with one attached hydrogen (secondary N) is 1. The van der Waals surface area contributed by atoms with Gasteiger partial charge in [0.15, 0.2) is 0 Å². The lowest BCUT2D eigenvalue weighted by Gasteiger charge is -2.13. The Labute approximate surface area is 102 Å². The van der Waals surface area contributed by atoms with Gasteiger partial charge in [-0.05, 0) is 50.7 Å². The monoisotopic (exact) mass is 236 g/mol. The topological polar surface area (TPSA) is 38.0 Å². The van der Waals surface area contributed by atoms with Gasteiger partial charge < -0.3 is 0 Å². The zero-order chi connectivity index (χ0) is 11.5. The summed E-state index contributed by atoms with van der Waals surface area (Å²) in [4.78, 5) is 2.95. The molecule has 1 aromatic heterocycles. The Bertz CT molecular complexity index is 358. The maximum absolute atomic E-state index is 5.63. The third-order valence-corrected chi connectivity index (χ3v) is 4.46. The normalized spacial score (nSPS) is 16.9. The molecule has 1 aliphatic rings. The number of rotatable bonds is 4. The molecule has 0 fully saturated rings. The van der Waals surface area contributed by atoms with Crippen LogP contribution in [0.3, 0.4) is 0 Å². The molecule has 1 aromatic rings. The van der Waals surface area contributed by atoms with E-state index in [-0.39, 0.29) is 6.04 Å². The molecule has 1 unspecified atom stereocenters. The fraction of sp³-hybridized carbons (Fsp3) is 0.538. The first-order valence-corrected chi connectivity index (χ1v) is 6.74. The van der Waals surface area contributed by atoms with Gasteiger partial charge in [0.25, 0.3) is 0 Å². The van der Waals surface area contributed by atoms with Crippen molar-refractivity contribution in [2.75, 3.05) is 0 Å². The predicted octanol–water partition coefficient (Wildman–Crippen LogP) is 3.10. The summed E-state index contributed by atoms with van der Waals surface area (Å²) in [6.45, 7) is 6.01. The molecule has 0 amide bonds. The van der Waals surface area contributed by atoms with Crippen LogP contribution in [0.15, 0.2) is 18.2 Å². The molecule has 1 heterocycles. The van der Waals surface area contributed by atoms with Gasteiger partial charge in [0, 0.05) is 9.75 Å². The Morgan fingerprint density at radius 2 is 2.31 bits per heavy atom. The van der Waals surface area contributed by atoms with Crippen molar-refractivity contribution in [2.45, 2.75) is 45.1 Å². The summed E-state index contributed by atoms with van der Waals surface area (Å²) in [7, 11) is 0. The molecule has 0 saturated carbocycles. The molecule has 3 N–H and O–H groups in total. The molecule has 2 rings (SSSR count). The molecule has 0 spiro atoms. The number of thiophene rings is 1. The lowest BCUT2D eigenvalue weighted by Crippen LogP contribution is -2.27. The van der Waals surface area contributed by atoms with Crippen LogP contribution in [0.2, 0.25) is 0 Å². The van der Waals surface area contributed by atoms with E-state index < -0.39 is 0 Å². The minimum Gasteiger partial charge on any atom is -0.271 e. The Morgan fingerprint density at radius 1 is 1.56 bits per heavy atom. The molecule has 1 aliphatic carbocycles. The van der Waals surface area contributed by atoms with Gasteiger partial charge in [-0.15, -0.1) is 17.9 Å². The zero-order valence-electron chi connectivity index (χ0n) is 9.88. The Morgan fingerprint density at radius 3 is 2.94 bits per heavy atom. The summed E-state index contributed by atoms with van der Waals surface area (Å²) >= 11 is 1.93. The Hall–Kier alpha value is -0.640. The number of fused-ring (bicyclic) bond motifs is 1. The van der Waals surface area contributed by atoms with Gasteiger partial charge in [0.1, 0.15) is 0 Å². The van der Waals surface area contributed by atoms with Crippen molar-refractivity contribution in [1.82, 2.24) is 5.43 Å². The second-order valence-electron chi connectivity index (χ2n) is 4.68. The summed E-state index contributed by atoms with van der Waals surface area (Å²) in [6.07, 6.45) is 6.11. The fourth-order valence-electron chi connectivity index (χ4n) is 2.28. The van der Waals surface area contributed by atoms with Crippen LogP contribution in [0.4, 0.5) is 0 Å². The molecular weight excluding hydrogens is 216 g/mol. The number of hydrogen-bond donors (Lipinski definition) is 2. The van der Waals surface area contributed by atoms with E-state index in [0.717, 1.165) is 6.42 Å². The van der Waals surface area contributed by atoms with Gasteiger partial charge in [-0.3, -0.25) is 11.3 Å². The number of aryl methyl sites for hydroxylation is 2. The van der Waals surface area contributed by atoms with Crippen molar-refractivity contribution in [1.29, 1.82) is 0 Å². The summed E-state index contributed by atoms with van der Waals surface area (Å²) in [6, 6.07) is 2.58. The molecule has 3 heteroatoms. The van der Waals surface area contributed by atoms with E-state index in [2.05, 4.69) is 25.0 Å². The fourth-order valence-corrected chi connectivity index (χ4v) is 3.59. The maximum Gasteiger partial charge on any atom is 0.0590 e. The van der Waals surface area contributed by atoms with Crippen LogP contribution >= 0.6 is 11.3 Å². The Balaban J connectivity index is 2.18. The van der Waals surface area contributed by atoms with Crippen molar-refractivity contribution in [3.8, 4) is 0 Å². The van der Waals surface area contributed by atoms with Gasteiger partial charge in [-0.1, -0.05) is 5.57 Å². The van der Waals surface area contributed by atoms with Crippen LogP contribution < -0.4 is 11.3 Å². The van der Waals surface area contributed by atoms with Crippen molar-refractivity contribution in [3.05, 3.63) is 33.5 Å². The highest BCUT2D eigenvalue weighted by Gasteiger charge is 2.18. The third kappa shape index (κ3) is 2.54. The minimum atomic E-state index is 0.244. The average molecular weight is 236 g/mol. The second-order valence-corrected chi connectivity index (χ2v) is 5.85. The van der Waals surface area contributed by atoms with Gasteiger partial charge in [0.05, 0.1) is 6.04 Å². The highest BCUT2D eigenvalue weighted by atomic mass is 32.1. The molecule has 0 saturated heterocycles. The van der Waals surface area contributed by atoms with Crippen LogP contribution in [-0.2, 0) is 12.8 Å². The van der Waals surface area contributed by atoms with Gasteiger partial charge >= 0.3 is 0 Å². The largest absolute Gasteiger partial charge is 0.271 e. The van der Waals surface area contributed by atoms with Crippen LogP contribution in [0.25, 0.3) is 0 Å². The lowest BCUT2D eigenvalue weighted by molar-refractivity contribution is 0.558. The van der Waals surface area contributed by atoms with E-state index in [1.165, 1.54) is 36.1 Å². The number of hydrogen-bond acceptors (Lipinski definition) is 3. The smallest absolute Gasteiger partial charge is 0.0590 e. The first kappa shape index (κ1) is 11.8. The molecule has 88 valence electrons. The van der Waals surface area contributed by atoms with E-state index in [4.69, 9.17) is 5.84 Å². The summed E-state index contributed by atoms with van der Waals surface area (Å²) in [5, 5.41) is 0. The molecule has 2 nitrogen and oxygen atoms in total. The van der Waals surface area contributed by atoms with E-state index in [1.54, 1.807) is 10.4 Å². The molecule has 0 aliphatic heterocycles. The zero-order valence-corrected chi connectivity index (χ0v) is 10.7. The Kier molecular flexibility index (Phi) is 3.79. The van der Waals surface area contributed by atoms with Crippen molar-refractivity contribution in [2.24, 2.45) is 5.84 Å². The van der Waals surface area contributed by atoms with Gasteiger partial charge in [-0.25, -0.2) is 0 Å². The molecule has 0 bridgehead atoms. The van der Waals surface area contributed by atoms with E-state index in [0.29, 0.717) is 0 Å². The molecule has 0 radical (unpaired) electrons. The number of nitrogens with two attached hydrogens (primary N) is 1. The van der Waals surface area contributed by atoms with E-state index in [1.807, 2.05) is 11.3 Å². The standard InChI is InChI=1S/C13H20N2S/c1-9(2)7-11(15-14)13-8-10-5-3-4-6-12(10)16-13/h8,11,15H,1,3-7,14H2,2H3. The first-order valence-electron chi connectivity index (χ1n) is 5.92. The van der Waals surface area contributed by atoms with Gasteiger partial charge in [0.2, 0.25) is 0 Å². The van der Waals surface area contributed by atoms with Crippen molar-refractivity contribution in [3.63, 3.8) is 0 Å². The maximum atomic E-state index is 5.63. The van der Waals surface area contributed by atoms with Crippen LogP contribution in [-0.4, -0.2) is 0 Å².